The van der Waals surface area contributed by atoms with Gasteiger partial charge in [-0.2, -0.15) is 0 Å². The highest BCUT2D eigenvalue weighted by Crippen LogP contribution is 2.33. The minimum absolute atomic E-state index is 0.0586. The molecule has 0 saturated heterocycles. The van der Waals surface area contributed by atoms with Crippen LogP contribution in [0.5, 0.6) is 0 Å². The summed E-state index contributed by atoms with van der Waals surface area (Å²) in [5.74, 6) is 1.76. The van der Waals surface area contributed by atoms with Crippen LogP contribution in [-0.2, 0) is 0 Å². The number of aromatic nitrogens is 5. The van der Waals surface area contributed by atoms with Gasteiger partial charge in [0.2, 0.25) is 16.9 Å². The average molecular weight is 375 g/mol. The van der Waals surface area contributed by atoms with Crippen molar-refractivity contribution in [1.29, 1.82) is 0 Å². The first-order valence-electron chi connectivity index (χ1n) is 8.49. The van der Waals surface area contributed by atoms with Gasteiger partial charge in [0.15, 0.2) is 0 Å². The Labute approximate surface area is 160 Å². The van der Waals surface area contributed by atoms with Gasteiger partial charge in [-0.15, -0.1) is 15.3 Å². The summed E-state index contributed by atoms with van der Waals surface area (Å²) in [4.78, 5) is 4.48. The molecule has 0 fully saturated rings. The third kappa shape index (κ3) is 4.32. The van der Waals surface area contributed by atoms with Crippen molar-refractivity contribution in [3.63, 3.8) is 0 Å². The third-order valence-electron chi connectivity index (χ3n) is 3.81. The zero-order valence-electron chi connectivity index (χ0n) is 14.6. The molecule has 1 atom stereocenters. The van der Waals surface area contributed by atoms with Crippen LogP contribution in [0.15, 0.2) is 70.2 Å². The number of thioether (sulfide) groups is 1. The summed E-state index contributed by atoms with van der Waals surface area (Å²) < 4.78 is 5.79. The predicted molar refractivity (Wildman–Crippen MR) is 106 cm³/mol. The highest BCUT2D eigenvalue weighted by molar-refractivity contribution is 7.99. The normalized spacial score (nSPS) is 12.5. The molecule has 0 aliphatic carbocycles. The average Bonchev–Trinajstić information content (AvgIpc) is 3.38. The van der Waals surface area contributed by atoms with E-state index in [1.165, 1.54) is 11.8 Å². The van der Waals surface area contributed by atoms with Crippen LogP contribution in [0.25, 0.3) is 23.6 Å². The van der Waals surface area contributed by atoms with Gasteiger partial charge >= 0.3 is 0 Å². The molecule has 1 unspecified atom stereocenters. The fourth-order valence-electron chi connectivity index (χ4n) is 2.43. The largest absolute Gasteiger partial charge is 0.419 e. The number of nitrogens with zero attached hydrogens (tertiary/aromatic N) is 4. The predicted octanol–water partition coefficient (Wildman–Crippen LogP) is 4.88. The highest BCUT2D eigenvalue weighted by atomic mass is 32.2. The summed E-state index contributed by atoms with van der Waals surface area (Å²) in [7, 11) is 0. The van der Waals surface area contributed by atoms with Crippen LogP contribution >= 0.6 is 11.8 Å². The molecule has 0 radical (unpaired) electrons. The summed E-state index contributed by atoms with van der Waals surface area (Å²) >= 11 is 1.46. The maximum atomic E-state index is 5.79. The summed E-state index contributed by atoms with van der Waals surface area (Å²) in [6.45, 7) is 1.99. The van der Waals surface area contributed by atoms with E-state index in [1.807, 2.05) is 79.7 Å². The number of rotatable bonds is 6. The summed E-state index contributed by atoms with van der Waals surface area (Å²) in [6, 6.07) is 19.8. The van der Waals surface area contributed by atoms with E-state index in [0.717, 1.165) is 11.1 Å². The maximum absolute atomic E-state index is 5.79. The molecule has 0 aliphatic rings. The zero-order chi connectivity index (χ0) is 18.5. The lowest BCUT2D eigenvalue weighted by atomic mass is 10.2. The van der Waals surface area contributed by atoms with Crippen molar-refractivity contribution in [2.45, 2.75) is 17.3 Å². The van der Waals surface area contributed by atoms with E-state index in [-0.39, 0.29) is 5.25 Å². The molecule has 0 aliphatic heterocycles. The lowest BCUT2D eigenvalue weighted by molar-refractivity contribution is 0.509. The van der Waals surface area contributed by atoms with Gasteiger partial charge in [-0.1, -0.05) is 66.4 Å². The smallest absolute Gasteiger partial charge is 0.247 e. The van der Waals surface area contributed by atoms with E-state index in [4.69, 9.17) is 4.42 Å². The standard InChI is InChI=1S/C20H17N5OS/c1-14(18-23-24-19(26-18)16-10-6-3-7-11-16)27-20-21-17(22-25-20)13-12-15-8-4-2-5-9-15/h2-14H,1H3,(H,21,22,25)/b13-12+. The molecule has 134 valence electrons. The first-order chi connectivity index (χ1) is 13.3. The molecule has 4 rings (SSSR count). The molecule has 1 N–H and O–H groups in total. The quantitative estimate of drug-likeness (QED) is 0.484. The molecular formula is C20H17N5OS. The van der Waals surface area contributed by atoms with E-state index in [1.54, 1.807) is 0 Å². The van der Waals surface area contributed by atoms with E-state index in [2.05, 4.69) is 25.4 Å². The van der Waals surface area contributed by atoms with E-state index in [9.17, 15) is 0 Å². The molecule has 2 aromatic carbocycles. The Morgan fingerprint density at radius 1 is 0.963 bits per heavy atom. The van der Waals surface area contributed by atoms with Gasteiger partial charge in [0.05, 0.1) is 5.25 Å². The van der Waals surface area contributed by atoms with E-state index < -0.39 is 0 Å². The highest BCUT2D eigenvalue weighted by Gasteiger charge is 2.18. The Morgan fingerprint density at radius 2 is 1.70 bits per heavy atom. The Bertz CT molecular complexity index is 1030. The van der Waals surface area contributed by atoms with Gasteiger partial charge in [-0.3, -0.25) is 5.10 Å². The number of hydrogen-bond acceptors (Lipinski definition) is 6. The molecule has 0 spiro atoms. The summed E-state index contributed by atoms with van der Waals surface area (Å²) in [6.07, 6.45) is 3.89. The van der Waals surface area contributed by atoms with Crippen molar-refractivity contribution in [3.05, 3.63) is 77.9 Å². The molecule has 2 heterocycles. The molecule has 0 amide bonds. The third-order valence-corrected chi connectivity index (χ3v) is 4.76. The molecule has 7 heteroatoms. The number of H-pyrrole nitrogens is 1. The van der Waals surface area contributed by atoms with Gasteiger partial charge in [-0.25, -0.2) is 4.98 Å². The topological polar surface area (TPSA) is 80.5 Å². The van der Waals surface area contributed by atoms with Crippen molar-refractivity contribution >= 4 is 23.9 Å². The van der Waals surface area contributed by atoms with Crippen molar-refractivity contribution < 1.29 is 4.42 Å². The number of hydrogen-bond donors (Lipinski definition) is 1. The van der Waals surface area contributed by atoms with Gasteiger partial charge in [0.1, 0.15) is 5.82 Å². The Morgan fingerprint density at radius 3 is 2.48 bits per heavy atom. The van der Waals surface area contributed by atoms with E-state index in [0.29, 0.717) is 22.8 Å². The molecule has 4 aromatic rings. The number of benzene rings is 2. The molecule has 27 heavy (non-hydrogen) atoms. The molecule has 2 aromatic heterocycles. The van der Waals surface area contributed by atoms with Crippen molar-refractivity contribution in [2.24, 2.45) is 0 Å². The summed E-state index contributed by atoms with van der Waals surface area (Å²) in [5.41, 5.74) is 2.01. The lowest BCUT2D eigenvalue weighted by Crippen LogP contribution is -1.89. The van der Waals surface area contributed by atoms with Crippen LogP contribution < -0.4 is 0 Å². The van der Waals surface area contributed by atoms with Crippen molar-refractivity contribution in [1.82, 2.24) is 25.4 Å². The second-order valence-corrected chi connectivity index (χ2v) is 7.13. The zero-order valence-corrected chi connectivity index (χ0v) is 15.4. The molecule has 0 saturated carbocycles. The Hall–Kier alpha value is -3.19. The number of aromatic amines is 1. The van der Waals surface area contributed by atoms with Crippen LogP contribution in [-0.4, -0.2) is 25.4 Å². The number of nitrogens with one attached hydrogen (secondary N) is 1. The van der Waals surface area contributed by atoms with Crippen LogP contribution in [0.2, 0.25) is 0 Å². The fourth-order valence-corrected chi connectivity index (χ4v) is 3.19. The maximum Gasteiger partial charge on any atom is 0.247 e. The van der Waals surface area contributed by atoms with Crippen LogP contribution in [0.3, 0.4) is 0 Å². The Kier molecular flexibility index (Phi) is 5.11. The van der Waals surface area contributed by atoms with E-state index >= 15 is 0 Å². The Balaban J connectivity index is 1.42. The van der Waals surface area contributed by atoms with Crippen molar-refractivity contribution in [3.8, 4) is 11.5 Å². The van der Waals surface area contributed by atoms with Gasteiger partial charge in [-0.05, 0) is 30.7 Å². The van der Waals surface area contributed by atoms with Gasteiger partial charge < -0.3 is 4.42 Å². The molecule has 6 nitrogen and oxygen atoms in total. The van der Waals surface area contributed by atoms with Crippen LogP contribution in [0.1, 0.15) is 29.5 Å². The van der Waals surface area contributed by atoms with Gasteiger partial charge in [0.25, 0.3) is 0 Å². The first-order valence-corrected chi connectivity index (χ1v) is 9.37. The van der Waals surface area contributed by atoms with Gasteiger partial charge in [0, 0.05) is 5.56 Å². The van der Waals surface area contributed by atoms with Crippen LogP contribution in [0, 0.1) is 0 Å². The lowest BCUT2D eigenvalue weighted by Gasteiger charge is -2.01. The molecular weight excluding hydrogens is 358 g/mol. The minimum atomic E-state index is -0.0586. The first kappa shape index (κ1) is 17.2. The summed E-state index contributed by atoms with van der Waals surface area (Å²) in [5, 5.41) is 16.0. The second kappa shape index (κ2) is 8.01. The SMILES string of the molecule is CC(Sc1n[nH]c(/C=C/c2ccccc2)n1)c1nnc(-c2ccccc2)o1. The second-order valence-electron chi connectivity index (χ2n) is 5.82. The fraction of sp³-hybridized carbons (Fsp3) is 0.100. The molecule has 0 bridgehead atoms. The van der Waals surface area contributed by atoms with Crippen LogP contribution in [0.4, 0.5) is 0 Å². The minimum Gasteiger partial charge on any atom is -0.419 e. The monoisotopic (exact) mass is 375 g/mol. The van der Waals surface area contributed by atoms with Crippen molar-refractivity contribution in [2.75, 3.05) is 0 Å².